The van der Waals surface area contributed by atoms with E-state index in [1.54, 1.807) is 11.9 Å². The molecule has 2 aromatic rings. The predicted octanol–water partition coefficient (Wildman–Crippen LogP) is 1.62. The molecule has 7 nitrogen and oxygen atoms in total. The lowest BCUT2D eigenvalue weighted by atomic mass is 10.0. The van der Waals surface area contributed by atoms with Crippen molar-refractivity contribution in [1.82, 2.24) is 14.7 Å². The van der Waals surface area contributed by atoms with Crippen molar-refractivity contribution < 1.29 is 14.3 Å². The number of epoxide rings is 1. The van der Waals surface area contributed by atoms with Gasteiger partial charge in [0, 0.05) is 36.8 Å². The number of benzene rings is 1. The predicted molar refractivity (Wildman–Crippen MR) is 108 cm³/mol. The summed E-state index contributed by atoms with van der Waals surface area (Å²) >= 11 is 0. The van der Waals surface area contributed by atoms with Crippen molar-refractivity contribution in [3.05, 3.63) is 46.8 Å². The van der Waals surface area contributed by atoms with Crippen LogP contribution in [-0.2, 0) is 16.0 Å². The van der Waals surface area contributed by atoms with Crippen LogP contribution in [0.5, 0.6) is 0 Å². The minimum Gasteiger partial charge on any atom is -0.364 e. The Kier molecular flexibility index (Phi) is 4.89. The second-order valence-corrected chi connectivity index (χ2v) is 7.84. The minimum absolute atomic E-state index is 0.278. The van der Waals surface area contributed by atoms with Crippen LogP contribution >= 0.6 is 0 Å². The van der Waals surface area contributed by atoms with Crippen LogP contribution in [0.1, 0.15) is 53.0 Å². The molecule has 0 radical (unpaired) electrons. The molecule has 2 unspecified atom stereocenters. The van der Waals surface area contributed by atoms with Crippen molar-refractivity contribution in [2.45, 2.75) is 37.7 Å². The number of aromatic nitrogens is 2. The van der Waals surface area contributed by atoms with Crippen molar-refractivity contribution in [3.8, 4) is 17.5 Å². The Morgan fingerprint density at radius 2 is 2.31 bits per heavy atom. The molecule has 4 rings (SSSR count). The van der Waals surface area contributed by atoms with Crippen molar-refractivity contribution in [2.75, 3.05) is 20.2 Å². The first-order valence-corrected chi connectivity index (χ1v) is 9.77. The molecule has 0 spiro atoms. The zero-order chi connectivity index (χ0) is 20.6. The normalized spacial score (nSPS) is 21.8. The fourth-order valence-electron chi connectivity index (χ4n) is 3.79. The molecule has 1 aromatic carbocycles. The molecule has 29 heavy (non-hydrogen) atoms. The summed E-state index contributed by atoms with van der Waals surface area (Å²) in [6.07, 6.45) is 3.34. The molecule has 150 valence electrons. The van der Waals surface area contributed by atoms with Crippen LogP contribution in [0.2, 0.25) is 0 Å². The quantitative estimate of drug-likeness (QED) is 0.459. The highest BCUT2D eigenvalue weighted by atomic mass is 16.6. The Balaban J connectivity index is 1.60. The van der Waals surface area contributed by atoms with Crippen molar-refractivity contribution in [3.63, 3.8) is 0 Å². The molecular weight excluding hydrogens is 368 g/mol. The first kappa shape index (κ1) is 19.2. The molecule has 1 aromatic heterocycles. The molecule has 0 bridgehead atoms. The summed E-state index contributed by atoms with van der Waals surface area (Å²) in [7, 11) is 1.74. The number of ether oxygens (including phenoxy) is 1. The van der Waals surface area contributed by atoms with Gasteiger partial charge in [-0.2, -0.15) is 5.10 Å². The zero-order valence-electron chi connectivity index (χ0n) is 16.6. The van der Waals surface area contributed by atoms with Crippen LogP contribution < -0.4 is 5.73 Å². The van der Waals surface area contributed by atoms with E-state index in [2.05, 4.69) is 23.9 Å². The fourth-order valence-corrected chi connectivity index (χ4v) is 3.79. The summed E-state index contributed by atoms with van der Waals surface area (Å²) in [4.78, 5) is 24.2. The molecule has 0 saturated carbocycles. The van der Waals surface area contributed by atoms with E-state index in [9.17, 15) is 9.59 Å². The molecular formula is C22H24N4O3. The maximum atomic E-state index is 11.9. The first-order valence-electron chi connectivity index (χ1n) is 9.77. The van der Waals surface area contributed by atoms with E-state index in [4.69, 9.17) is 10.5 Å². The Hall–Kier alpha value is -3.11. The Morgan fingerprint density at radius 1 is 1.52 bits per heavy atom. The Bertz CT molecular complexity index is 1030. The summed E-state index contributed by atoms with van der Waals surface area (Å²) in [5.41, 5.74) is 9.19. The average Bonchev–Trinajstić information content (AvgIpc) is 3.24. The van der Waals surface area contributed by atoms with Crippen molar-refractivity contribution in [2.24, 2.45) is 5.73 Å². The van der Waals surface area contributed by atoms with Gasteiger partial charge in [0.2, 0.25) is 6.41 Å². The third kappa shape index (κ3) is 3.76. The van der Waals surface area contributed by atoms with E-state index in [-0.39, 0.29) is 5.92 Å². The lowest BCUT2D eigenvalue weighted by Gasteiger charge is -2.11. The smallest absolute Gasteiger partial charge is 0.269 e. The minimum atomic E-state index is -0.488. The van der Waals surface area contributed by atoms with Crippen LogP contribution in [0, 0.1) is 11.8 Å². The zero-order valence-corrected chi connectivity index (χ0v) is 16.6. The second kappa shape index (κ2) is 7.37. The number of hydrogen-bond acceptors (Lipinski definition) is 4. The van der Waals surface area contributed by atoms with E-state index in [1.807, 2.05) is 28.9 Å². The molecule has 2 N–H and O–H groups in total. The van der Waals surface area contributed by atoms with Crippen LogP contribution in [0.25, 0.3) is 5.69 Å². The SMILES string of the molecule is CC1CCc2c1c(C(N)=O)nn2-c1cccc(C#CC2(CCN(C)C=O)CO2)c1. The van der Waals surface area contributed by atoms with Gasteiger partial charge in [0.15, 0.2) is 11.3 Å². The third-order valence-corrected chi connectivity index (χ3v) is 5.63. The van der Waals surface area contributed by atoms with E-state index < -0.39 is 11.5 Å². The Labute approximate surface area is 169 Å². The number of fused-ring (bicyclic) bond motifs is 1. The van der Waals surface area contributed by atoms with Crippen molar-refractivity contribution in [1.29, 1.82) is 0 Å². The van der Waals surface area contributed by atoms with Crippen LogP contribution in [-0.4, -0.2) is 52.8 Å². The highest BCUT2D eigenvalue weighted by Crippen LogP contribution is 2.36. The topological polar surface area (TPSA) is 93.8 Å². The van der Waals surface area contributed by atoms with Crippen LogP contribution in [0.15, 0.2) is 24.3 Å². The number of rotatable bonds is 6. The molecule has 1 aliphatic heterocycles. The highest BCUT2D eigenvalue weighted by Gasteiger charge is 2.42. The number of primary amides is 1. The number of carbonyl (C=O) groups excluding carboxylic acids is 2. The van der Waals surface area contributed by atoms with Gasteiger partial charge >= 0.3 is 0 Å². The van der Waals surface area contributed by atoms with Gasteiger partial charge in [-0.05, 0) is 37.0 Å². The molecule has 1 fully saturated rings. The molecule has 7 heteroatoms. The van der Waals surface area contributed by atoms with E-state index in [0.29, 0.717) is 25.3 Å². The molecule has 2 amide bonds. The second-order valence-electron chi connectivity index (χ2n) is 7.84. The highest BCUT2D eigenvalue weighted by molar-refractivity contribution is 5.93. The van der Waals surface area contributed by atoms with Gasteiger partial charge in [0.05, 0.1) is 12.3 Å². The molecule has 2 aliphatic rings. The standard InChI is InChI=1S/C22H24N4O3/c1-15-6-7-18-19(15)20(21(23)28)24-26(18)17-5-3-4-16(12-17)8-9-22(13-29-22)10-11-25(2)14-27/h3-5,12,14-15H,6-7,10-11,13H2,1-2H3,(H2,23,28). The summed E-state index contributed by atoms with van der Waals surface area (Å²) in [6.45, 7) is 3.29. The summed E-state index contributed by atoms with van der Waals surface area (Å²) < 4.78 is 7.37. The van der Waals surface area contributed by atoms with Gasteiger partial charge in [-0.15, -0.1) is 0 Å². The van der Waals surface area contributed by atoms with Crippen molar-refractivity contribution >= 4 is 12.3 Å². The number of nitrogens with two attached hydrogens (primary N) is 1. The monoisotopic (exact) mass is 392 g/mol. The lowest BCUT2D eigenvalue weighted by molar-refractivity contribution is -0.117. The maximum Gasteiger partial charge on any atom is 0.269 e. The summed E-state index contributed by atoms with van der Waals surface area (Å²) in [5.74, 6) is 6.19. The Morgan fingerprint density at radius 3 is 3.00 bits per heavy atom. The molecule has 1 saturated heterocycles. The van der Waals surface area contributed by atoms with Gasteiger partial charge in [-0.1, -0.05) is 24.8 Å². The number of carbonyl (C=O) groups is 2. The summed E-state index contributed by atoms with van der Waals surface area (Å²) in [6, 6.07) is 7.78. The van der Waals surface area contributed by atoms with Gasteiger partial charge in [-0.25, -0.2) is 4.68 Å². The van der Waals surface area contributed by atoms with Gasteiger partial charge in [0.1, 0.15) is 0 Å². The summed E-state index contributed by atoms with van der Waals surface area (Å²) in [5, 5.41) is 4.50. The van der Waals surface area contributed by atoms with E-state index >= 15 is 0 Å². The average molecular weight is 392 g/mol. The number of amides is 2. The van der Waals surface area contributed by atoms with Crippen LogP contribution in [0.3, 0.4) is 0 Å². The maximum absolute atomic E-state index is 11.9. The van der Waals surface area contributed by atoms with E-state index in [1.165, 1.54) is 0 Å². The first-order chi connectivity index (χ1) is 13.9. The number of hydrogen-bond donors (Lipinski definition) is 1. The molecule has 2 heterocycles. The fraction of sp³-hybridized carbons (Fsp3) is 0.409. The lowest BCUT2D eigenvalue weighted by Crippen LogP contribution is -2.22. The van der Waals surface area contributed by atoms with E-state index in [0.717, 1.165) is 41.8 Å². The van der Waals surface area contributed by atoms with Gasteiger partial charge in [-0.3, -0.25) is 9.59 Å². The molecule has 2 atom stereocenters. The number of nitrogens with zero attached hydrogens (tertiary/aromatic N) is 3. The molecule has 1 aliphatic carbocycles. The third-order valence-electron chi connectivity index (χ3n) is 5.63. The van der Waals surface area contributed by atoms with Gasteiger partial charge < -0.3 is 15.4 Å². The largest absolute Gasteiger partial charge is 0.364 e. The van der Waals surface area contributed by atoms with Gasteiger partial charge in [0.25, 0.3) is 5.91 Å². The van der Waals surface area contributed by atoms with Crippen LogP contribution in [0.4, 0.5) is 0 Å².